The van der Waals surface area contributed by atoms with Gasteiger partial charge in [-0.3, -0.25) is 4.98 Å². The summed E-state index contributed by atoms with van der Waals surface area (Å²) in [6, 6.07) is 11.9. The van der Waals surface area contributed by atoms with Crippen LogP contribution in [0, 0.1) is 0 Å². The lowest BCUT2D eigenvalue weighted by molar-refractivity contribution is 0.287. The van der Waals surface area contributed by atoms with Crippen molar-refractivity contribution in [2.24, 2.45) is 0 Å². The van der Waals surface area contributed by atoms with E-state index >= 15 is 0 Å². The van der Waals surface area contributed by atoms with Crippen molar-refractivity contribution in [3.63, 3.8) is 0 Å². The fourth-order valence-corrected chi connectivity index (χ4v) is 1.92. The number of rotatable bonds is 7. The number of nitrogens with one attached hydrogen (secondary N) is 1. The largest absolute Gasteiger partial charge is 0.493 e. The number of nitrogens with zero attached hydrogens (tertiary/aromatic N) is 1. The third-order valence-corrected chi connectivity index (χ3v) is 3.06. The Morgan fingerprint density at radius 2 is 1.95 bits per heavy atom. The van der Waals surface area contributed by atoms with Gasteiger partial charge in [-0.15, -0.1) is 0 Å². The molecular formula is C16H20N2O2. The lowest BCUT2D eigenvalue weighted by atomic mass is 10.1. The standard InChI is InChI=1S/C16H20N2O2/c1-13(14-6-5-9-17-12-14)18-10-11-20-16-8-4-3-7-15(16)19-2/h3-9,12-13,18H,10-11H2,1-2H3/t13-/m0/s1. The number of aromatic nitrogens is 1. The van der Waals surface area contributed by atoms with Crippen molar-refractivity contribution in [1.82, 2.24) is 10.3 Å². The van der Waals surface area contributed by atoms with E-state index in [-0.39, 0.29) is 6.04 Å². The van der Waals surface area contributed by atoms with Gasteiger partial charge in [0.15, 0.2) is 11.5 Å². The molecule has 106 valence electrons. The molecule has 0 aliphatic heterocycles. The maximum Gasteiger partial charge on any atom is 0.161 e. The maximum atomic E-state index is 5.71. The van der Waals surface area contributed by atoms with Gasteiger partial charge >= 0.3 is 0 Å². The zero-order chi connectivity index (χ0) is 14.2. The highest BCUT2D eigenvalue weighted by Gasteiger charge is 2.05. The molecule has 0 radical (unpaired) electrons. The van der Waals surface area contributed by atoms with E-state index in [0.29, 0.717) is 6.61 Å². The summed E-state index contributed by atoms with van der Waals surface area (Å²) in [5.74, 6) is 1.53. The van der Waals surface area contributed by atoms with E-state index < -0.39 is 0 Å². The zero-order valence-corrected chi connectivity index (χ0v) is 11.9. The first-order valence-corrected chi connectivity index (χ1v) is 6.70. The van der Waals surface area contributed by atoms with Gasteiger partial charge < -0.3 is 14.8 Å². The molecular weight excluding hydrogens is 252 g/mol. The molecule has 0 amide bonds. The molecule has 4 nitrogen and oxygen atoms in total. The van der Waals surface area contributed by atoms with Crippen molar-refractivity contribution in [2.75, 3.05) is 20.3 Å². The van der Waals surface area contributed by atoms with Crippen LogP contribution >= 0.6 is 0 Å². The molecule has 4 heteroatoms. The van der Waals surface area contributed by atoms with E-state index in [1.54, 1.807) is 13.3 Å². The second kappa shape index (κ2) is 7.50. The van der Waals surface area contributed by atoms with Crippen LogP contribution in [-0.4, -0.2) is 25.2 Å². The monoisotopic (exact) mass is 272 g/mol. The summed E-state index contributed by atoms with van der Waals surface area (Å²) in [4.78, 5) is 4.12. The van der Waals surface area contributed by atoms with Crippen molar-refractivity contribution in [2.45, 2.75) is 13.0 Å². The number of pyridine rings is 1. The summed E-state index contributed by atoms with van der Waals surface area (Å²) in [6.07, 6.45) is 3.65. The topological polar surface area (TPSA) is 43.4 Å². The molecule has 1 aromatic heterocycles. The lowest BCUT2D eigenvalue weighted by Gasteiger charge is -2.15. The van der Waals surface area contributed by atoms with Gasteiger partial charge in [0.25, 0.3) is 0 Å². The highest BCUT2D eigenvalue weighted by molar-refractivity contribution is 5.39. The SMILES string of the molecule is COc1ccccc1OCCN[C@@H](C)c1cccnc1. The minimum absolute atomic E-state index is 0.255. The molecule has 0 aliphatic carbocycles. The first-order chi connectivity index (χ1) is 9.81. The van der Waals surface area contributed by atoms with Crippen LogP contribution in [0.5, 0.6) is 11.5 Å². The molecule has 0 aliphatic rings. The van der Waals surface area contributed by atoms with Crippen molar-refractivity contribution in [1.29, 1.82) is 0 Å². The van der Waals surface area contributed by atoms with Crippen LogP contribution in [0.2, 0.25) is 0 Å². The zero-order valence-electron chi connectivity index (χ0n) is 11.9. The second-order valence-corrected chi connectivity index (χ2v) is 4.46. The van der Waals surface area contributed by atoms with Crippen LogP contribution in [0.1, 0.15) is 18.5 Å². The summed E-state index contributed by atoms with van der Waals surface area (Å²) in [6.45, 7) is 3.46. The Labute approximate surface area is 119 Å². The van der Waals surface area contributed by atoms with Gasteiger partial charge in [0.2, 0.25) is 0 Å². The van der Waals surface area contributed by atoms with Crippen molar-refractivity contribution in [3.8, 4) is 11.5 Å². The minimum atomic E-state index is 0.255. The van der Waals surface area contributed by atoms with Gasteiger partial charge in [-0.25, -0.2) is 0 Å². The first kappa shape index (κ1) is 14.3. The number of hydrogen-bond donors (Lipinski definition) is 1. The van der Waals surface area contributed by atoms with Gasteiger partial charge in [-0.1, -0.05) is 18.2 Å². The summed E-state index contributed by atoms with van der Waals surface area (Å²) in [7, 11) is 1.64. The maximum absolute atomic E-state index is 5.71. The van der Waals surface area contributed by atoms with E-state index in [1.807, 2.05) is 36.5 Å². The highest BCUT2D eigenvalue weighted by atomic mass is 16.5. The molecule has 0 saturated carbocycles. The first-order valence-electron chi connectivity index (χ1n) is 6.70. The second-order valence-electron chi connectivity index (χ2n) is 4.46. The highest BCUT2D eigenvalue weighted by Crippen LogP contribution is 2.25. The van der Waals surface area contributed by atoms with Crippen LogP contribution < -0.4 is 14.8 Å². The Morgan fingerprint density at radius 3 is 2.65 bits per heavy atom. The molecule has 0 fully saturated rings. The Balaban J connectivity index is 1.76. The van der Waals surface area contributed by atoms with E-state index in [1.165, 1.54) is 5.56 Å². The average molecular weight is 272 g/mol. The van der Waals surface area contributed by atoms with E-state index in [4.69, 9.17) is 9.47 Å². The molecule has 1 atom stereocenters. The van der Waals surface area contributed by atoms with Crippen LogP contribution in [-0.2, 0) is 0 Å². The smallest absolute Gasteiger partial charge is 0.161 e. The van der Waals surface area contributed by atoms with E-state index in [2.05, 4.69) is 23.3 Å². The van der Waals surface area contributed by atoms with Crippen LogP contribution in [0.25, 0.3) is 0 Å². The molecule has 0 unspecified atom stereocenters. The number of benzene rings is 1. The number of para-hydroxylation sites is 2. The average Bonchev–Trinajstić information content (AvgIpc) is 2.52. The Kier molecular flexibility index (Phi) is 5.38. The number of methoxy groups -OCH3 is 1. The summed E-state index contributed by atoms with van der Waals surface area (Å²) in [5, 5.41) is 3.40. The predicted octanol–water partition coefficient (Wildman–Crippen LogP) is 2.82. The summed E-state index contributed by atoms with van der Waals surface area (Å²) in [5.41, 5.74) is 1.17. The van der Waals surface area contributed by atoms with Gasteiger partial charge in [-0.2, -0.15) is 0 Å². The molecule has 1 heterocycles. The Hall–Kier alpha value is -2.07. The molecule has 2 aromatic rings. The van der Waals surface area contributed by atoms with Crippen molar-refractivity contribution >= 4 is 0 Å². The third kappa shape index (κ3) is 3.96. The van der Waals surface area contributed by atoms with Gasteiger partial charge in [0.1, 0.15) is 6.61 Å². The van der Waals surface area contributed by atoms with Gasteiger partial charge in [-0.05, 0) is 30.7 Å². The normalized spacial score (nSPS) is 11.9. The number of hydrogen-bond acceptors (Lipinski definition) is 4. The quantitative estimate of drug-likeness (QED) is 0.787. The van der Waals surface area contributed by atoms with Crippen LogP contribution in [0.15, 0.2) is 48.8 Å². The van der Waals surface area contributed by atoms with Crippen LogP contribution in [0.3, 0.4) is 0 Å². The molecule has 0 bridgehead atoms. The van der Waals surface area contributed by atoms with E-state index in [9.17, 15) is 0 Å². The predicted molar refractivity (Wildman–Crippen MR) is 79.1 cm³/mol. The lowest BCUT2D eigenvalue weighted by Crippen LogP contribution is -2.24. The van der Waals surface area contributed by atoms with Gasteiger partial charge in [0, 0.05) is 25.0 Å². The third-order valence-electron chi connectivity index (χ3n) is 3.06. The molecule has 0 spiro atoms. The molecule has 20 heavy (non-hydrogen) atoms. The molecule has 1 aromatic carbocycles. The Morgan fingerprint density at radius 1 is 1.15 bits per heavy atom. The Bertz CT molecular complexity index is 517. The van der Waals surface area contributed by atoms with Gasteiger partial charge in [0.05, 0.1) is 7.11 Å². The van der Waals surface area contributed by atoms with E-state index in [0.717, 1.165) is 18.0 Å². The van der Waals surface area contributed by atoms with Crippen molar-refractivity contribution < 1.29 is 9.47 Å². The fourth-order valence-electron chi connectivity index (χ4n) is 1.92. The van der Waals surface area contributed by atoms with Crippen molar-refractivity contribution in [3.05, 3.63) is 54.4 Å². The summed E-state index contributed by atoms with van der Waals surface area (Å²) < 4.78 is 11.0. The fraction of sp³-hybridized carbons (Fsp3) is 0.312. The minimum Gasteiger partial charge on any atom is -0.493 e. The molecule has 2 rings (SSSR count). The molecule has 0 saturated heterocycles. The summed E-state index contributed by atoms with van der Waals surface area (Å²) >= 11 is 0. The van der Waals surface area contributed by atoms with Crippen LogP contribution in [0.4, 0.5) is 0 Å². The molecule has 1 N–H and O–H groups in total. The number of ether oxygens (including phenoxy) is 2.